The van der Waals surface area contributed by atoms with Crippen LogP contribution in [0.4, 0.5) is 0 Å². The molecule has 0 amide bonds. The van der Waals surface area contributed by atoms with Crippen molar-refractivity contribution in [3.63, 3.8) is 0 Å². The maximum atomic E-state index is 11.2. The Hall–Kier alpha value is -2.04. The third-order valence-electron chi connectivity index (χ3n) is 2.03. The monoisotopic (exact) mass is 237 g/mol. The standard InChI is InChI=1S/C12H15NO4/c1-4-17-12(14)6-5-9-10(15-2)7-13-8-11(9)16-3/h5-8H,4H2,1-3H3/b6-5+. The molecule has 92 valence electrons. The molecule has 1 aromatic rings. The molecular formula is C12H15NO4. The summed E-state index contributed by atoms with van der Waals surface area (Å²) in [6.45, 7) is 2.09. The Balaban J connectivity index is 2.99. The lowest BCUT2D eigenvalue weighted by atomic mass is 10.2. The van der Waals surface area contributed by atoms with E-state index >= 15 is 0 Å². The zero-order valence-corrected chi connectivity index (χ0v) is 10.1. The Morgan fingerprint density at radius 3 is 2.35 bits per heavy atom. The highest BCUT2D eigenvalue weighted by atomic mass is 16.5. The summed E-state index contributed by atoms with van der Waals surface area (Å²) in [4.78, 5) is 15.2. The van der Waals surface area contributed by atoms with E-state index in [1.165, 1.54) is 20.3 Å². The third-order valence-corrected chi connectivity index (χ3v) is 2.03. The van der Waals surface area contributed by atoms with Crippen molar-refractivity contribution in [2.24, 2.45) is 0 Å². The quantitative estimate of drug-likeness (QED) is 0.576. The van der Waals surface area contributed by atoms with Gasteiger partial charge in [0.1, 0.15) is 11.5 Å². The van der Waals surface area contributed by atoms with Gasteiger partial charge in [0.25, 0.3) is 0 Å². The van der Waals surface area contributed by atoms with Gasteiger partial charge in [-0.05, 0) is 13.0 Å². The molecule has 5 heteroatoms. The number of methoxy groups -OCH3 is 2. The molecule has 0 unspecified atom stereocenters. The zero-order valence-electron chi connectivity index (χ0n) is 10.1. The van der Waals surface area contributed by atoms with Gasteiger partial charge < -0.3 is 14.2 Å². The van der Waals surface area contributed by atoms with Crippen LogP contribution >= 0.6 is 0 Å². The average molecular weight is 237 g/mol. The predicted octanol–water partition coefficient (Wildman–Crippen LogP) is 1.68. The van der Waals surface area contributed by atoms with Gasteiger partial charge in [-0.1, -0.05) is 0 Å². The molecule has 0 atom stereocenters. The second-order valence-corrected chi connectivity index (χ2v) is 3.04. The minimum absolute atomic E-state index is 0.341. The van der Waals surface area contributed by atoms with Crippen molar-refractivity contribution in [1.29, 1.82) is 0 Å². The van der Waals surface area contributed by atoms with Gasteiger partial charge in [0.05, 0.1) is 38.8 Å². The van der Waals surface area contributed by atoms with Crippen molar-refractivity contribution < 1.29 is 19.0 Å². The van der Waals surface area contributed by atoms with E-state index in [1.807, 2.05) is 0 Å². The van der Waals surface area contributed by atoms with Crippen LogP contribution in [0.15, 0.2) is 18.5 Å². The van der Waals surface area contributed by atoms with Gasteiger partial charge in [-0.25, -0.2) is 4.79 Å². The van der Waals surface area contributed by atoms with E-state index < -0.39 is 5.97 Å². The molecule has 0 spiro atoms. The van der Waals surface area contributed by atoms with Crippen LogP contribution < -0.4 is 9.47 Å². The normalized spacial score (nSPS) is 10.3. The first kappa shape index (κ1) is 13.0. The summed E-state index contributed by atoms with van der Waals surface area (Å²) in [7, 11) is 3.05. The summed E-state index contributed by atoms with van der Waals surface area (Å²) >= 11 is 0. The molecule has 0 radical (unpaired) electrons. The highest BCUT2D eigenvalue weighted by Crippen LogP contribution is 2.27. The number of nitrogens with zero attached hydrogens (tertiary/aromatic N) is 1. The number of ether oxygens (including phenoxy) is 3. The van der Waals surface area contributed by atoms with Crippen LogP contribution in [0.25, 0.3) is 6.08 Å². The average Bonchev–Trinajstić information content (AvgIpc) is 2.36. The highest BCUT2D eigenvalue weighted by Gasteiger charge is 2.07. The number of hydrogen-bond acceptors (Lipinski definition) is 5. The van der Waals surface area contributed by atoms with Crippen LogP contribution in [0.3, 0.4) is 0 Å². The first-order valence-electron chi connectivity index (χ1n) is 5.13. The lowest BCUT2D eigenvalue weighted by Gasteiger charge is -2.08. The molecule has 0 bridgehead atoms. The molecule has 1 aromatic heterocycles. The number of pyridine rings is 1. The fourth-order valence-electron chi connectivity index (χ4n) is 1.26. The molecule has 1 heterocycles. The topological polar surface area (TPSA) is 57.7 Å². The van der Waals surface area contributed by atoms with Crippen molar-refractivity contribution in [2.75, 3.05) is 20.8 Å². The summed E-state index contributed by atoms with van der Waals surface area (Å²) in [6, 6.07) is 0. The maximum Gasteiger partial charge on any atom is 0.330 e. The van der Waals surface area contributed by atoms with E-state index in [4.69, 9.17) is 14.2 Å². The van der Waals surface area contributed by atoms with Crippen LogP contribution in [-0.2, 0) is 9.53 Å². The number of carbonyl (C=O) groups is 1. The summed E-state index contributed by atoms with van der Waals surface area (Å²) in [6.07, 6.45) is 6.00. The predicted molar refractivity (Wildman–Crippen MR) is 63.0 cm³/mol. The van der Waals surface area contributed by atoms with E-state index in [0.29, 0.717) is 23.7 Å². The molecule has 0 saturated carbocycles. The summed E-state index contributed by atoms with van der Waals surface area (Å²) in [5.41, 5.74) is 0.651. The second-order valence-electron chi connectivity index (χ2n) is 3.04. The summed E-state index contributed by atoms with van der Waals surface area (Å²) in [5.74, 6) is 0.656. The fraction of sp³-hybridized carbons (Fsp3) is 0.333. The van der Waals surface area contributed by atoms with E-state index in [-0.39, 0.29) is 0 Å². The Bertz CT molecular complexity index is 393. The SMILES string of the molecule is CCOC(=O)/C=C/c1c(OC)cncc1OC. The van der Waals surface area contributed by atoms with Crippen LogP contribution in [0.1, 0.15) is 12.5 Å². The largest absolute Gasteiger partial charge is 0.494 e. The Kier molecular flexibility index (Phi) is 5.00. The molecule has 0 aliphatic rings. The van der Waals surface area contributed by atoms with Crippen LogP contribution in [0.2, 0.25) is 0 Å². The summed E-state index contributed by atoms with van der Waals surface area (Å²) < 4.78 is 15.1. The Morgan fingerprint density at radius 2 is 1.88 bits per heavy atom. The first-order chi connectivity index (χ1) is 8.22. The van der Waals surface area contributed by atoms with Crippen molar-refractivity contribution >= 4 is 12.0 Å². The van der Waals surface area contributed by atoms with Crippen LogP contribution in [0, 0.1) is 0 Å². The van der Waals surface area contributed by atoms with Crippen LogP contribution in [-0.4, -0.2) is 31.8 Å². The molecule has 17 heavy (non-hydrogen) atoms. The van der Waals surface area contributed by atoms with Crippen molar-refractivity contribution in [2.45, 2.75) is 6.92 Å². The first-order valence-corrected chi connectivity index (χ1v) is 5.13. The Labute approximate surface area is 100 Å². The van der Waals surface area contributed by atoms with Crippen molar-refractivity contribution in [3.8, 4) is 11.5 Å². The molecule has 0 aliphatic carbocycles. The van der Waals surface area contributed by atoms with Crippen molar-refractivity contribution in [3.05, 3.63) is 24.0 Å². The fourth-order valence-corrected chi connectivity index (χ4v) is 1.26. The van der Waals surface area contributed by atoms with E-state index in [2.05, 4.69) is 4.98 Å². The zero-order chi connectivity index (χ0) is 12.7. The third kappa shape index (κ3) is 3.48. The van der Waals surface area contributed by atoms with E-state index in [9.17, 15) is 4.79 Å². The number of esters is 1. The molecule has 5 nitrogen and oxygen atoms in total. The van der Waals surface area contributed by atoms with Gasteiger partial charge in [-0.2, -0.15) is 0 Å². The van der Waals surface area contributed by atoms with E-state index in [1.54, 1.807) is 25.4 Å². The number of aromatic nitrogens is 1. The van der Waals surface area contributed by atoms with Gasteiger partial charge in [0.15, 0.2) is 0 Å². The minimum atomic E-state index is -0.409. The number of hydrogen-bond donors (Lipinski definition) is 0. The lowest BCUT2D eigenvalue weighted by molar-refractivity contribution is -0.137. The van der Waals surface area contributed by atoms with Crippen LogP contribution in [0.5, 0.6) is 11.5 Å². The van der Waals surface area contributed by atoms with Gasteiger partial charge in [-0.15, -0.1) is 0 Å². The number of rotatable bonds is 5. The second kappa shape index (κ2) is 6.52. The molecule has 0 fully saturated rings. The van der Waals surface area contributed by atoms with Crippen molar-refractivity contribution in [1.82, 2.24) is 4.98 Å². The van der Waals surface area contributed by atoms with Gasteiger partial charge >= 0.3 is 5.97 Å². The lowest BCUT2D eigenvalue weighted by Crippen LogP contribution is -1.99. The molecule has 0 saturated heterocycles. The molecule has 0 aliphatic heterocycles. The van der Waals surface area contributed by atoms with E-state index in [0.717, 1.165) is 0 Å². The molecule has 0 aromatic carbocycles. The Morgan fingerprint density at radius 1 is 1.29 bits per heavy atom. The number of carbonyl (C=O) groups excluding carboxylic acids is 1. The molecule has 1 rings (SSSR count). The molecular weight excluding hydrogens is 222 g/mol. The smallest absolute Gasteiger partial charge is 0.330 e. The maximum absolute atomic E-state index is 11.2. The van der Waals surface area contributed by atoms with Gasteiger partial charge in [0, 0.05) is 6.08 Å². The highest BCUT2D eigenvalue weighted by molar-refractivity contribution is 5.88. The summed E-state index contributed by atoms with van der Waals surface area (Å²) in [5, 5.41) is 0. The van der Waals surface area contributed by atoms with Gasteiger partial charge in [-0.3, -0.25) is 4.98 Å². The molecule has 0 N–H and O–H groups in total. The van der Waals surface area contributed by atoms with Gasteiger partial charge in [0.2, 0.25) is 0 Å². The minimum Gasteiger partial charge on any atom is -0.494 e.